The van der Waals surface area contributed by atoms with Gasteiger partial charge in [0.15, 0.2) is 0 Å². The molecule has 176 valence electrons. The molecule has 11 heteroatoms. The topological polar surface area (TPSA) is 132 Å². The SMILES string of the molecule is O=C(O[C@H](C(=O)O)[C@H](OC(=O)c1ccc(Cl)cc1)C(=O)NCc1ccco1)c1ccc(Cl)cc1. The normalized spacial score (nSPS) is 12.3. The molecule has 0 aliphatic carbocycles. The van der Waals surface area contributed by atoms with Gasteiger partial charge < -0.3 is 24.3 Å². The number of furan rings is 1. The number of carbonyl (C=O) groups is 4. The zero-order valence-corrected chi connectivity index (χ0v) is 18.8. The molecular weight excluding hydrogens is 489 g/mol. The van der Waals surface area contributed by atoms with Gasteiger partial charge in [0, 0.05) is 10.0 Å². The van der Waals surface area contributed by atoms with E-state index in [0.29, 0.717) is 15.8 Å². The Labute approximate surface area is 203 Å². The molecular formula is C23H17Cl2NO8. The maximum absolute atomic E-state index is 12.8. The van der Waals surface area contributed by atoms with Crippen LogP contribution in [0.25, 0.3) is 0 Å². The van der Waals surface area contributed by atoms with Gasteiger partial charge in [0.25, 0.3) is 5.91 Å². The highest BCUT2D eigenvalue weighted by Crippen LogP contribution is 2.17. The summed E-state index contributed by atoms with van der Waals surface area (Å²) in [6, 6.07) is 14.1. The van der Waals surface area contributed by atoms with Gasteiger partial charge in [-0.15, -0.1) is 0 Å². The zero-order chi connectivity index (χ0) is 24.7. The average molecular weight is 506 g/mol. The van der Waals surface area contributed by atoms with E-state index < -0.39 is 36.0 Å². The van der Waals surface area contributed by atoms with Crippen LogP contribution in [0.1, 0.15) is 26.5 Å². The minimum absolute atomic E-state index is 0.00130. The second-order valence-electron chi connectivity index (χ2n) is 6.80. The first-order chi connectivity index (χ1) is 16.2. The van der Waals surface area contributed by atoms with Crippen LogP contribution in [0.3, 0.4) is 0 Å². The van der Waals surface area contributed by atoms with Crippen LogP contribution >= 0.6 is 23.2 Å². The minimum Gasteiger partial charge on any atom is -0.478 e. The molecule has 3 rings (SSSR count). The second-order valence-corrected chi connectivity index (χ2v) is 7.67. The van der Waals surface area contributed by atoms with E-state index in [1.165, 1.54) is 54.8 Å². The van der Waals surface area contributed by atoms with Crippen molar-refractivity contribution in [2.75, 3.05) is 0 Å². The van der Waals surface area contributed by atoms with Crippen LogP contribution in [-0.4, -0.2) is 41.1 Å². The molecule has 9 nitrogen and oxygen atoms in total. The summed E-state index contributed by atoms with van der Waals surface area (Å²) in [6.07, 6.45) is -2.80. The highest BCUT2D eigenvalue weighted by atomic mass is 35.5. The van der Waals surface area contributed by atoms with Gasteiger partial charge in [0.05, 0.1) is 23.9 Å². The predicted molar refractivity (Wildman–Crippen MR) is 120 cm³/mol. The number of benzene rings is 2. The fraction of sp³-hybridized carbons (Fsp3) is 0.130. The lowest BCUT2D eigenvalue weighted by atomic mass is 10.1. The van der Waals surface area contributed by atoms with Crippen molar-refractivity contribution in [2.24, 2.45) is 0 Å². The summed E-state index contributed by atoms with van der Waals surface area (Å²) in [4.78, 5) is 49.9. The smallest absolute Gasteiger partial charge is 0.349 e. The molecule has 34 heavy (non-hydrogen) atoms. The summed E-state index contributed by atoms with van der Waals surface area (Å²) in [5.41, 5.74) is -0.0178. The van der Waals surface area contributed by atoms with Gasteiger partial charge in [0.2, 0.25) is 12.2 Å². The van der Waals surface area contributed by atoms with Crippen molar-refractivity contribution in [3.8, 4) is 0 Å². The van der Waals surface area contributed by atoms with Crippen LogP contribution < -0.4 is 5.32 Å². The lowest BCUT2D eigenvalue weighted by Gasteiger charge is -2.23. The molecule has 2 N–H and O–H groups in total. The molecule has 0 saturated carbocycles. The quantitative estimate of drug-likeness (QED) is 0.420. The largest absolute Gasteiger partial charge is 0.478 e. The van der Waals surface area contributed by atoms with Gasteiger partial charge in [-0.2, -0.15) is 0 Å². The summed E-state index contributed by atoms with van der Waals surface area (Å²) in [5.74, 6) is -4.44. The molecule has 0 radical (unpaired) electrons. The van der Waals surface area contributed by atoms with Gasteiger partial charge in [-0.3, -0.25) is 4.79 Å². The number of amides is 1. The Morgan fingerprint density at radius 2 is 1.32 bits per heavy atom. The fourth-order valence-electron chi connectivity index (χ4n) is 2.72. The van der Waals surface area contributed by atoms with Gasteiger partial charge in [-0.05, 0) is 60.7 Å². The van der Waals surface area contributed by atoms with Gasteiger partial charge >= 0.3 is 17.9 Å². The van der Waals surface area contributed by atoms with Crippen molar-refractivity contribution in [2.45, 2.75) is 18.8 Å². The molecule has 3 aromatic rings. The Morgan fingerprint density at radius 1 is 0.824 bits per heavy atom. The number of hydrogen-bond acceptors (Lipinski definition) is 7. The van der Waals surface area contributed by atoms with Crippen LogP contribution in [0.2, 0.25) is 10.0 Å². The molecule has 0 aliphatic rings. The number of carboxylic acids is 1. The standard InChI is InChI=1S/C23H17Cl2NO8/c24-15-7-3-13(4-8-15)22(30)33-18(20(27)26-12-17-2-1-11-32-17)19(21(28)29)34-23(31)14-5-9-16(25)10-6-14/h1-11,18-19H,12H2,(H,26,27)(H,28,29)/t18-,19-/m0/s1. The highest BCUT2D eigenvalue weighted by Gasteiger charge is 2.41. The van der Waals surface area contributed by atoms with Crippen LogP contribution in [0, 0.1) is 0 Å². The molecule has 1 amide bonds. The first-order valence-electron chi connectivity index (χ1n) is 9.70. The number of carbonyl (C=O) groups excluding carboxylic acids is 3. The van der Waals surface area contributed by atoms with E-state index in [-0.39, 0.29) is 17.7 Å². The van der Waals surface area contributed by atoms with E-state index in [0.717, 1.165) is 0 Å². The van der Waals surface area contributed by atoms with E-state index >= 15 is 0 Å². The number of aliphatic carboxylic acids is 1. The van der Waals surface area contributed by atoms with Crippen LogP contribution in [-0.2, 0) is 25.6 Å². The third kappa shape index (κ3) is 6.60. The number of ether oxygens (including phenoxy) is 2. The number of halogens is 2. The first-order valence-corrected chi connectivity index (χ1v) is 10.5. The van der Waals surface area contributed by atoms with Crippen molar-refractivity contribution in [3.05, 3.63) is 93.9 Å². The van der Waals surface area contributed by atoms with Crippen molar-refractivity contribution in [1.82, 2.24) is 5.32 Å². The van der Waals surface area contributed by atoms with Crippen LogP contribution in [0.15, 0.2) is 71.3 Å². The maximum atomic E-state index is 12.8. The Kier molecular flexibility index (Phi) is 8.29. The molecule has 0 saturated heterocycles. The second kappa shape index (κ2) is 11.4. The van der Waals surface area contributed by atoms with Crippen molar-refractivity contribution >= 4 is 47.0 Å². The number of esters is 2. The van der Waals surface area contributed by atoms with Crippen molar-refractivity contribution in [1.29, 1.82) is 0 Å². The zero-order valence-electron chi connectivity index (χ0n) is 17.3. The van der Waals surface area contributed by atoms with E-state index in [2.05, 4.69) is 5.32 Å². The Morgan fingerprint density at radius 3 is 1.76 bits per heavy atom. The summed E-state index contributed by atoms with van der Waals surface area (Å²) >= 11 is 11.6. The van der Waals surface area contributed by atoms with E-state index in [1.54, 1.807) is 12.1 Å². The van der Waals surface area contributed by atoms with E-state index in [9.17, 15) is 24.3 Å². The predicted octanol–water partition coefficient (Wildman–Crippen LogP) is 3.74. The lowest BCUT2D eigenvalue weighted by Crippen LogP contribution is -2.50. The van der Waals surface area contributed by atoms with Gasteiger partial charge in [-0.1, -0.05) is 23.2 Å². The Balaban J connectivity index is 1.84. The summed E-state index contributed by atoms with van der Waals surface area (Å²) in [5, 5.41) is 12.8. The van der Waals surface area contributed by atoms with Crippen molar-refractivity contribution < 1.29 is 38.2 Å². The summed E-state index contributed by atoms with van der Waals surface area (Å²) in [6.45, 7) is -0.127. The number of hydrogen-bond donors (Lipinski definition) is 2. The van der Waals surface area contributed by atoms with Gasteiger partial charge in [0.1, 0.15) is 5.76 Å². The molecule has 0 fully saturated rings. The molecule has 2 atom stereocenters. The first kappa shape index (κ1) is 24.8. The highest BCUT2D eigenvalue weighted by molar-refractivity contribution is 6.31. The van der Waals surface area contributed by atoms with E-state index in [4.69, 9.17) is 37.1 Å². The molecule has 1 aromatic heterocycles. The minimum atomic E-state index is -2.16. The van der Waals surface area contributed by atoms with Crippen LogP contribution in [0.4, 0.5) is 0 Å². The Bertz CT molecular complexity index is 1160. The summed E-state index contributed by atoms with van der Waals surface area (Å²) in [7, 11) is 0. The van der Waals surface area contributed by atoms with E-state index in [1.807, 2.05) is 0 Å². The monoisotopic (exact) mass is 505 g/mol. The molecule has 0 unspecified atom stereocenters. The fourth-order valence-corrected chi connectivity index (χ4v) is 2.97. The molecule has 2 aromatic carbocycles. The molecule has 0 aliphatic heterocycles. The molecule has 1 heterocycles. The third-order valence-corrected chi connectivity index (χ3v) is 4.93. The number of rotatable bonds is 9. The lowest BCUT2D eigenvalue weighted by molar-refractivity contribution is -0.159. The van der Waals surface area contributed by atoms with Gasteiger partial charge in [-0.25, -0.2) is 14.4 Å². The van der Waals surface area contributed by atoms with Crippen molar-refractivity contribution in [3.63, 3.8) is 0 Å². The van der Waals surface area contributed by atoms with Crippen LogP contribution in [0.5, 0.6) is 0 Å². The molecule has 0 spiro atoms. The number of carboxylic acid groups (broad SMARTS) is 1. The average Bonchev–Trinajstić information content (AvgIpc) is 3.34. The Hall–Kier alpha value is -3.82. The summed E-state index contributed by atoms with van der Waals surface area (Å²) < 4.78 is 15.4. The molecule has 0 bridgehead atoms. The maximum Gasteiger partial charge on any atom is 0.349 e. The third-order valence-electron chi connectivity index (χ3n) is 4.42. The number of nitrogens with one attached hydrogen (secondary N) is 1.